The Morgan fingerprint density at radius 1 is 1.42 bits per heavy atom. The van der Waals surface area contributed by atoms with Crippen molar-refractivity contribution in [1.82, 2.24) is 5.32 Å². The number of hydrogen-bond acceptors (Lipinski definition) is 3. The number of nitrogens with one attached hydrogen (secondary N) is 1. The summed E-state index contributed by atoms with van der Waals surface area (Å²) in [5.41, 5.74) is -0.582. The molecule has 1 aliphatic rings. The number of halogens is 2. The first kappa shape index (κ1) is 13.8. The minimum absolute atomic E-state index is 0.161. The molecule has 2 unspecified atom stereocenters. The summed E-state index contributed by atoms with van der Waals surface area (Å²) in [5, 5.41) is 12.3. The van der Waals surface area contributed by atoms with Gasteiger partial charge in [-0.1, -0.05) is 0 Å². The Morgan fingerprint density at radius 2 is 2.21 bits per heavy atom. The van der Waals surface area contributed by atoms with Crippen LogP contribution in [0.3, 0.4) is 0 Å². The Balaban J connectivity index is 2.07. The maximum atomic E-state index is 13.1. The maximum Gasteiger partial charge on any atom is 0.162 e. The van der Waals surface area contributed by atoms with Crippen LogP contribution in [0.2, 0.25) is 0 Å². The lowest BCUT2D eigenvalue weighted by molar-refractivity contribution is 0.115. The molecule has 0 spiro atoms. The van der Waals surface area contributed by atoms with E-state index in [0.29, 0.717) is 12.2 Å². The van der Waals surface area contributed by atoms with Gasteiger partial charge in [-0.05, 0) is 38.4 Å². The highest BCUT2D eigenvalue weighted by Crippen LogP contribution is 2.30. The first-order chi connectivity index (χ1) is 9.08. The van der Waals surface area contributed by atoms with Gasteiger partial charge in [-0.25, -0.2) is 8.78 Å². The van der Waals surface area contributed by atoms with E-state index in [-0.39, 0.29) is 6.10 Å². The highest BCUT2D eigenvalue weighted by molar-refractivity contribution is 5.24. The smallest absolute Gasteiger partial charge is 0.162 e. The van der Waals surface area contributed by atoms with Crippen LogP contribution >= 0.6 is 0 Å². The van der Waals surface area contributed by atoms with E-state index in [1.54, 1.807) is 7.05 Å². The van der Waals surface area contributed by atoms with E-state index < -0.39 is 17.2 Å². The lowest BCUT2D eigenvalue weighted by Gasteiger charge is -2.35. The summed E-state index contributed by atoms with van der Waals surface area (Å²) < 4.78 is 31.6. The molecular formula is C14H16F2N2O. The van der Waals surface area contributed by atoms with Crippen molar-refractivity contribution < 1.29 is 13.5 Å². The van der Waals surface area contributed by atoms with Crippen molar-refractivity contribution in [2.75, 3.05) is 7.05 Å². The fourth-order valence-electron chi connectivity index (χ4n) is 2.45. The van der Waals surface area contributed by atoms with Gasteiger partial charge in [0.1, 0.15) is 17.4 Å². The van der Waals surface area contributed by atoms with Crippen molar-refractivity contribution in [3.63, 3.8) is 0 Å². The SMILES string of the molecule is CNC1(C#N)CCCC(Oc2ccc(F)c(F)c2)C1. The molecule has 1 aliphatic carbocycles. The Bertz CT molecular complexity index is 501. The standard InChI is InChI=1S/C14H16F2N2O/c1-18-14(9-17)6-2-3-11(8-14)19-10-4-5-12(15)13(16)7-10/h4-5,7,11,18H,2-3,6,8H2,1H3. The van der Waals surface area contributed by atoms with E-state index in [9.17, 15) is 14.0 Å². The molecule has 1 aromatic carbocycles. The van der Waals surface area contributed by atoms with Crippen molar-refractivity contribution in [3.05, 3.63) is 29.8 Å². The Morgan fingerprint density at radius 3 is 2.84 bits per heavy atom. The van der Waals surface area contributed by atoms with E-state index in [1.165, 1.54) is 6.07 Å². The highest BCUT2D eigenvalue weighted by Gasteiger charge is 2.36. The van der Waals surface area contributed by atoms with Gasteiger partial charge in [0.15, 0.2) is 11.6 Å². The molecule has 0 heterocycles. The first-order valence-corrected chi connectivity index (χ1v) is 6.30. The summed E-state index contributed by atoms with van der Waals surface area (Å²) in [6.07, 6.45) is 2.83. The molecular weight excluding hydrogens is 250 g/mol. The minimum atomic E-state index is -0.923. The van der Waals surface area contributed by atoms with Gasteiger partial charge in [0.25, 0.3) is 0 Å². The molecule has 3 nitrogen and oxygen atoms in total. The van der Waals surface area contributed by atoms with Gasteiger partial charge in [-0.15, -0.1) is 0 Å². The number of nitriles is 1. The Labute approximate surface area is 111 Å². The van der Waals surface area contributed by atoms with Crippen LogP contribution in [0.15, 0.2) is 18.2 Å². The summed E-state index contributed by atoms with van der Waals surface area (Å²) in [5.74, 6) is -1.51. The number of ether oxygens (including phenoxy) is 1. The predicted molar refractivity (Wildman–Crippen MR) is 66.6 cm³/mol. The molecule has 19 heavy (non-hydrogen) atoms. The van der Waals surface area contributed by atoms with E-state index in [0.717, 1.165) is 31.4 Å². The van der Waals surface area contributed by atoms with Crippen molar-refractivity contribution in [2.45, 2.75) is 37.3 Å². The van der Waals surface area contributed by atoms with Gasteiger partial charge in [0.2, 0.25) is 0 Å². The molecule has 1 aromatic rings. The topological polar surface area (TPSA) is 45.0 Å². The van der Waals surface area contributed by atoms with Crippen LogP contribution in [0.25, 0.3) is 0 Å². The van der Waals surface area contributed by atoms with Gasteiger partial charge >= 0.3 is 0 Å². The lowest BCUT2D eigenvalue weighted by Crippen LogP contribution is -2.48. The molecule has 0 saturated heterocycles. The zero-order valence-corrected chi connectivity index (χ0v) is 10.7. The molecule has 0 aliphatic heterocycles. The second-order valence-electron chi connectivity index (χ2n) is 4.86. The van der Waals surface area contributed by atoms with Gasteiger partial charge < -0.3 is 10.1 Å². The number of benzene rings is 1. The van der Waals surface area contributed by atoms with E-state index in [4.69, 9.17) is 4.74 Å². The molecule has 1 fully saturated rings. The fraction of sp³-hybridized carbons (Fsp3) is 0.500. The van der Waals surface area contributed by atoms with Crippen molar-refractivity contribution in [1.29, 1.82) is 5.26 Å². The number of nitrogens with zero attached hydrogens (tertiary/aromatic N) is 1. The van der Waals surface area contributed by atoms with Gasteiger partial charge in [-0.2, -0.15) is 5.26 Å². The summed E-state index contributed by atoms with van der Waals surface area (Å²) >= 11 is 0. The van der Waals surface area contributed by atoms with E-state index in [2.05, 4.69) is 11.4 Å². The zero-order chi connectivity index (χ0) is 13.9. The number of rotatable bonds is 3. The van der Waals surface area contributed by atoms with Crippen LogP contribution in [-0.2, 0) is 0 Å². The van der Waals surface area contributed by atoms with Gasteiger partial charge in [-0.3, -0.25) is 0 Å². The van der Waals surface area contributed by atoms with Crippen LogP contribution in [0.1, 0.15) is 25.7 Å². The van der Waals surface area contributed by atoms with Gasteiger partial charge in [0, 0.05) is 12.5 Å². The van der Waals surface area contributed by atoms with Crippen LogP contribution < -0.4 is 10.1 Å². The summed E-state index contributed by atoms with van der Waals surface area (Å²) in [7, 11) is 1.75. The third-order valence-electron chi connectivity index (χ3n) is 3.59. The molecule has 0 aromatic heterocycles. The normalized spacial score (nSPS) is 26.7. The molecule has 2 atom stereocenters. The number of hydrogen-bond donors (Lipinski definition) is 1. The second-order valence-corrected chi connectivity index (χ2v) is 4.86. The molecule has 0 bridgehead atoms. The average Bonchev–Trinajstić information content (AvgIpc) is 2.43. The monoisotopic (exact) mass is 266 g/mol. The van der Waals surface area contributed by atoms with E-state index in [1.807, 2.05) is 0 Å². The van der Waals surface area contributed by atoms with Crippen molar-refractivity contribution in [3.8, 4) is 11.8 Å². The summed E-state index contributed by atoms with van der Waals surface area (Å²) in [4.78, 5) is 0. The zero-order valence-electron chi connectivity index (χ0n) is 10.7. The lowest BCUT2D eigenvalue weighted by atomic mass is 9.81. The van der Waals surface area contributed by atoms with Crippen molar-refractivity contribution >= 4 is 0 Å². The second kappa shape index (κ2) is 5.54. The third kappa shape index (κ3) is 3.02. The molecule has 2 rings (SSSR count). The molecule has 1 saturated carbocycles. The summed E-state index contributed by atoms with van der Waals surface area (Å²) in [6.45, 7) is 0. The van der Waals surface area contributed by atoms with Crippen LogP contribution in [0.5, 0.6) is 5.75 Å². The van der Waals surface area contributed by atoms with E-state index >= 15 is 0 Å². The predicted octanol–water partition coefficient (Wildman–Crippen LogP) is 2.77. The van der Waals surface area contributed by atoms with Crippen molar-refractivity contribution in [2.24, 2.45) is 0 Å². The van der Waals surface area contributed by atoms with Crippen LogP contribution in [-0.4, -0.2) is 18.7 Å². The molecule has 0 radical (unpaired) electrons. The largest absolute Gasteiger partial charge is 0.490 e. The Hall–Kier alpha value is -1.67. The van der Waals surface area contributed by atoms with Crippen LogP contribution in [0, 0.1) is 23.0 Å². The Kier molecular flexibility index (Phi) is 4.01. The van der Waals surface area contributed by atoms with Crippen LogP contribution in [0.4, 0.5) is 8.78 Å². The molecule has 5 heteroatoms. The molecule has 102 valence electrons. The minimum Gasteiger partial charge on any atom is -0.490 e. The average molecular weight is 266 g/mol. The summed E-state index contributed by atoms with van der Waals surface area (Å²) in [6, 6.07) is 5.77. The third-order valence-corrected chi connectivity index (χ3v) is 3.59. The fourth-order valence-corrected chi connectivity index (χ4v) is 2.45. The first-order valence-electron chi connectivity index (χ1n) is 6.30. The molecule has 0 amide bonds. The van der Waals surface area contributed by atoms with Gasteiger partial charge in [0.05, 0.1) is 6.07 Å². The maximum absolute atomic E-state index is 13.1. The molecule has 1 N–H and O–H groups in total. The quantitative estimate of drug-likeness (QED) is 0.915. The highest BCUT2D eigenvalue weighted by atomic mass is 19.2.